The van der Waals surface area contributed by atoms with Crippen molar-refractivity contribution >= 4 is 10.0 Å². The van der Waals surface area contributed by atoms with E-state index < -0.39 is 10.0 Å². The van der Waals surface area contributed by atoms with Gasteiger partial charge in [0.1, 0.15) is 0 Å². The first-order valence-corrected chi connectivity index (χ1v) is 6.69. The van der Waals surface area contributed by atoms with Gasteiger partial charge >= 0.3 is 0 Å². The summed E-state index contributed by atoms with van der Waals surface area (Å²) in [6, 6.07) is 1.43. The molecule has 98 valence electrons. The fraction of sp³-hybridized carbons (Fsp3) is 0.600. The number of nitrogens with one attached hydrogen (secondary N) is 1. The molecule has 0 amide bonds. The molecular formula is C10H18N2O4S. The van der Waals surface area contributed by atoms with Crippen molar-refractivity contribution in [2.24, 2.45) is 0 Å². The Morgan fingerprint density at radius 2 is 2.24 bits per heavy atom. The van der Waals surface area contributed by atoms with Gasteiger partial charge in [-0.2, -0.15) is 0 Å². The first-order chi connectivity index (χ1) is 8.02. The van der Waals surface area contributed by atoms with Crippen LogP contribution in [0.1, 0.15) is 12.1 Å². The second-order valence-corrected chi connectivity index (χ2v) is 5.74. The van der Waals surface area contributed by atoms with Crippen LogP contribution in [-0.4, -0.2) is 50.1 Å². The number of aliphatic hydroxyl groups excluding tert-OH is 1. The quantitative estimate of drug-likeness (QED) is 0.686. The average Bonchev–Trinajstić information content (AvgIpc) is 2.78. The summed E-state index contributed by atoms with van der Waals surface area (Å²) in [4.78, 5) is 2.87. The Kier molecular flexibility index (Phi) is 5.13. The van der Waals surface area contributed by atoms with Crippen molar-refractivity contribution in [1.29, 1.82) is 0 Å². The van der Waals surface area contributed by atoms with Crippen LogP contribution in [0.15, 0.2) is 17.2 Å². The van der Waals surface area contributed by atoms with Gasteiger partial charge in [0.05, 0.1) is 11.5 Å². The maximum Gasteiger partial charge on any atom is 0.244 e. The van der Waals surface area contributed by atoms with Gasteiger partial charge in [-0.05, 0) is 12.5 Å². The molecule has 0 aliphatic carbocycles. The number of aromatic amines is 1. The molecule has 6 nitrogen and oxygen atoms in total. The third-order valence-electron chi connectivity index (χ3n) is 2.42. The largest absolute Gasteiger partial charge is 0.390 e. The van der Waals surface area contributed by atoms with E-state index in [0.29, 0.717) is 25.3 Å². The Labute approximate surface area is 101 Å². The van der Waals surface area contributed by atoms with Crippen molar-refractivity contribution in [3.8, 4) is 0 Å². The molecule has 1 aromatic heterocycles. The lowest BCUT2D eigenvalue weighted by Crippen LogP contribution is -2.28. The number of aliphatic hydroxyl groups is 1. The molecular weight excluding hydrogens is 244 g/mol. The standard InChI is InChI=1S/C10H18N2O4S/c1-12(4-3-5-16-2)17(14,15)10-6-9(8-13)11-7-10/h6-7,11,13H,3-5,8H2,1-2H3. The summed E-state index contributed by atoms with van der Waals surface area (Å²) in [6.07, 6.45) is 2.03. The van der Waals surface area contributed by atoms with E-state index >= 15 is 0 Å². The number of sulfonamides is 1. The average molecular weight is 262 g/mol. The highest BCUT2D eigenvalue weighted by Gasteiger charge is 2.21. The summed E-state index contributed by atoms with van der Waals surface area (Å²) in [5.74, 6) is 0. The zero-order valence-electron chi connectivity index (χ0n) is 10.0. The molecule has 0 aliphatic heterocycles. The first-order valence-electron chi connectivity index (χ1n) is 5.25. The Morgan fingerprint density at radius 3 is 2.76 bits per heavy atom. The van der Waals surface area contributed by atoms with Gasteiger partial charge in [0.2, 0.25) is 10.0 Å². The van der Waals surface area contributed by atoms with Gasteiger partial charge in [-0.25, -0.2) is 12.7 Å². The molecule has 0 saturated heterocycles. The van der Waals surface area contributed by atoms with Crippen LogP contribution in [0.2, 0.25) is 0 Å². The summed E-state index contributed by atoms with van der Waals surface area (Å²) >= 11 is 0. The molecule has 0 bridgehead atoms. The van der Waals surface area contributed by atoms with E-state index in [4.69, 9.17) is 9.84 Å². The molecule has 0 unspecified atom stereocenters. The van der Waals surface area contributed by atoms with E-state index in [2.05, 4.69) is 4.98 Å². The SMILES string of the molecule is COCCCN(C)S(=O)(=O)c1c[nH]c(CO)c1. The molecule has 0 aliphatic rings. The Balaban J connectivity index is 2.73. The highest BCUT2D eigenvalue weighted by Crippen LogP contribution is 2.15. The van der Waals surface area contributed by atoms with Crippen molar-refractivity contribution < 1.29 is 18.3 Å². The van der Waals surface area contributed by atoms with Crippen LogP contribution in [-0.2, 0) is 21.4 Å². The second kappa shape index (κ2) is 6.15. The number of methoxy groups -OCH3 is 1. The molecule has 0 spiro atoms. The fourth-order valence-corrected chi connectivity index (χ4v) is 2.62. The van der Waals surface area contributed by atoms with Gasteiger partial charge in [-0.3, -0.25) is 0 Å². The van der Waals surface area contributed by atoms with Crippen molar-refractivity contribution in [3.63, 3.8) is 0 Å². The highest BCUT2D eigenvalue weighted by molar-refractivity contribution is 7.89. The topological polar surface area (TPSA) is 82.6 Å². The highest BCUT2D eigenvalue weighted by atomic mass is 32.2. The molecule has 0 atom stereocenters. The first kappa shape index (κ1) is 14.2. The van der Waals surface area contributed by atoms with Crippen LogP contribution in [0, 0.1) is 0 Å². The summed E-state index contributed by atoms with van der Waals surface area (Å²) in [6.45, 7) is 0.716. The Morgan fingerprint density at radius 1 is 1.53 bits per heavy atom. The molecule has 1 heterocycles. The molecule has 1 rings (SSSR count). The van der Waals surface area contributed by atoms with Crippen molar-refractivity contribution in [2.45, 2.75) is 17.9 Å². The number of aromatic nitrogens is 1. The predicted octanol–water partition coefficient (Wildman–Crippen LogP) is 0.164. The molecule has 0 fully saturated rings. The van der Waals surface area contributed by atoms with Crippen LogP contribution in [0.25, 0.3) is 0 Å². The van der Waals surface area contributed by atoms with Gasteiger partial charge < -0.3 is 14.8 Å². The number of nitrogens with zero attached hydrogens (tertiary/aromatic N) is 1. The van der Waals surface area contributed by atoms with Gasteiger partial charge in [-0.1, -0.05) is 0 Å². The minimum atomic E-state index is -3.47. The van der Waals surface area contributed by atoms with E-state index in [9.17, 15) is 8.42 Å². The summed E-state index contributed by atoms with van der Waals surface area (Å²) in [7, 11) is -0.371. The van der Waals surface area contributed by atoms with Crippen molar-refractivity contribution in [3.05, 3.63) is 18.0 Å². The van der Waals surface area contributed by atoms with Crippen molar-refractivity contribution in [2.75, 3.05) is 27.3 Å². The van der Waals surface area contributed by atoms with Gasteiger partial charge in [0, 0.05) is 39.2 Å². The number of H-pyrrole nitrogens is 1. The summed E-state index contributed by atoms with van der Waals surface area (Å²) < 4.78 is 30.2. The van der Waals surface area contributed by atoms with Crippen LogP contribution in [0.5, 0.6) is 0 Å². The molecule has 0 aromatic carbocycles. The number of hydrogen-bond acceptors (Lipinski definition) is 4. The van der Waals surface area contributed by atoms with Crippen LogP contribution in [0.3, 0.4) is 0 Å². The molecule has 2 N–H and O–H groups in total. The lowest BCUT2D eigenvalue weighted by atomic mass is 10.4. The van der Waals surface area contributed by atoms with E-state index in [1.807, 2.05) is 0 Å². The van der Waals surface area contributed by atoms with Gasteiger partial charge in [0.25, 0.3) is 0 Å². The number of hydrogen-bond donors (Lipinski definition) is 2. The van der Waals surface area contributed by atoms with Crippen LogP contribution >= 0.6 is 0 Å². The maximum atomic E-state index is 12.0. The second-order valence-electron chi connectivity index (χ2n) is 3.69. The minimum Gasteiger partial charge on any atom is -0.390 e. The Hall–Kier alpha value is -0.890. The lowest BCUT2D eigenvalue weighted by Gasteiger charge is -2.15. The smallest absolute Gasteiger partial charge is 0.244 e. The van der Waals surface area contributed by atoms with Crippen molar-refractivity contribution in [1.82, 2.24) is 9.29 Å². The third-order valence-corrected chi connectivity index (χ3v) is 4.25. The molecule has 1 aromatic rings. The van der Waals surface area contributed by atoms with E-state index in [1.54, 1.807) is 7.11 Å². The normalized spacial score (nSPS) is 12.2. The third kappa shape index (κ3) is 3.53. The van der Waals surface area contributed by atoms with E-state index in [1.165, 1.54) is 23.6 Å². The monoisotopic (exact) mass is 262 g/mol. The molecule has 0 radical (unpaired) electrons. The number of rotatable bonds is 7. The summed E-state index contributed by atoms with van der Waals surface area (Å²) in [5.41, 5.74) is 0.480. The zero-order valence-corrected chi connectivity index (χ0v) is 10.8. The fourth-order valence-electron chi connectivity index (χ4n) is 1.39. The number of ether oxygens (including phenoxy) is 1. The molecule has 7 heteroatoms. The predicted molar refractivity (Wildman–Crippen MR) is 63.0 cm³/mol. The van der Waals surface area contributed by atoms with E-state index in [-0.39, 0.29) is 11.5 Å². The van der Waals surface area contributed by atoms with Gasteiger partial charge in [-0.15, -0.1) is 0 Å². The zero-order chi connectivity index (χ0) is 12.9. The molecule has 17 heavy (non-hydrogen) atoms. The van der Waals surface area contributed by atoms with Gasteiger partial charge in [0.15, 0.2) is 0 Å². The van der Waals surface area contributed by atoms with E-state index in [0.717, 1.165) is 0 Å². The lowest BCUT2D eigenvalue weighted by molar-refractivity contribution is 0.189. The maximum absolute atomic E-state index is 12.0. The Bertz CT molecular complexity index is 441. The van der Waals surface area contributed by atoms with Crippen LogP contribution in [0.4, 0.5) is 0 Å². The molecule has 0 saturated carbocycles. The van der Waals surface area contributed by atoms with Crippen LogP contribution < -0.4 is 0 Å². The summed E-state index contributed by atoms with van der Waals surface area (Å²) in [5, 5.41) is 8.87. The minimum absolute atomic E-state index is 0.168.